The molecule has 0 unspecified atom stereocenters. The lowest BCUT2D eigenvalue weighted by Crippen LogP contribution is -2.46. The summed E-state index contributed by atoms with van der Waals surface area (Å²) < 4.78 is 0. The molecule has 1 aliphatic carbocycles. The first kappa shape index (κ1) is 12.9. The number of hydrogen-bond acceptors (Lipinski definition) is 4. The number of likely N-dealkylation sites (tertiary alicyclic amines) is 1. The van der Waals surface area contributed by atoms with Crippen molar-refractivity contribution in [2.75, 3.05) is 6.54 Å². The second kappa shape index (κ2) is 5.84. The summed E-state index contributed by atoms with van der Waals surface area (Å²) >= 11 is 0. The summed E-state index contributed by atoms with van der Waals surface area (Å²) in [5.74, 6) is -0.113. The highest BCUT2D eigenvalue weighted by molar-refractivity contribution is 5.80. The summed E-state index contributed by atoms with van der Waals surface area (Å²) in [4.78, 5) is 13.6. The van der Waals surface area contributed by atoms with E-state index in [9.17, 15) is 4.79 Å². The fraction of sp³-hybridized carbons (Fsp3) is 0.769. The number of amides is 1. The largest absolute Gasteiger partial charge is 0.310 e. The van der Waals surface area contributed by atoms with E-state index in [0.717, 1.165) is 12.8 Å². The van der Waals surface area contributed by atoms with Gasteiger partial charge in [0.2, 0.25) is 5.91 Å². The molecule has 96 valence electrons. The number of carbonyl (C=O) groups is 1. The zero-order valence-electron chi connectivity index (χ0n) is 10.4. The van der Waals surface area contributed by atoms with E-state index < -0.39 is 12.1 Å². The molecule has 0 aromatic rings. The predicted octanol–water partition coefficient (Wildman–Crippen LogP) is 0.925. The molecular weight excluding hydrogens is 228 g/mol. The third-order valence-corrected chi connectivity index (χ3v) is 3.87. The maximum atomic E-state index is 12.1. The highest BCUT2D eigenvalue weighted by atomic mass is 16.2. The standard InChI is InChI=1S/C13H18N4O/c14-7-11-5-6-12(8-15)17(11)13(18)9-16-10-3-1-2-4-10/h10-12,16H,1-6,9H2/t11-,12+. The van der Waals surface area contributed by atoms with E-state index in [1.54, 1.807) is 0 Å². The Morgan fingerprint density at radius 1 is 1.11 bits per heavy atom. The molecule has 5 heteroatoms. The van der Waals surface area contributed by atoms with Gasteiger partial charge in [-0.05, 0) is 25.7 Å². The number of nitrogens with one attached hydrogen (secondary N) is 1. The molecular formula is C13H18N4O. The molecule has 0 aromatic carbocycles. The minimum Gasteiger partial charge on any atom is -0.310 e. The molecule has 18 heavy (non-hydrogen) atoms. The summed E-state index contributed by atoms with van der Waals surface area (Å²) in [5.41, 5.74) is 0. The first-order valence-corrected chi connectivity index (χ1v) is 6.60. The van der Waals surface area contributed by atoms with Crippen LogP contribution in [0.1, 0.15) is 38.5 Å². The monoisotopic (exact) mass is 246 g/mol. The van der Waals surface area contributed by atoms with Crippen molar-refractivity contribution in [3.8, 4) is 12.1 Å². The van der Waals surface area contributed by atoms with E-state index in [4.69, 9.17) is 10.5 Å². The van der Waals surface area contributed by atoms with E-state index in [0.29, 0.717) is 18.9 Å². The second-order valence-corrected chi connectivity index (χ2v) is 5.03. The van der Waals surface area contributed by atoms with Gasteiger partial charge in [0.15, 0.2) is 0 Å². The van der Waals surface area contributed by atoms with Crippen LogP contribution in [-0.2, 0) is 4.79 Å². The maximum Gasteiger partial charge on any atom is 0.238 e. The first-order valence-electron chi connectivity index (χ1n) is 6.60. The Morgan fingerprint density at radius 2 is 1.67 bits per heavy atom. The van der Waals surface area contributed by atoms with Gasteiger partial charge in [0.05, 0.1) is 18.7 Å². The fourth-order valence-electron chi connectivity index (χ4n) is 2.87. The number of hydrogen-bond donors (Lipinski definition) is 1. The fourth-order valence-corrected chi connectivity index (χ4v) is 2.87. The van der Waals surface area contributed by atoms with Gasteiger partial charge in [-0.2, -0.15) is 10.5 Å². The molecule has 1 N–H and O–H groups in total. The Labute approximate surface area is 107 Å². The molecule has 1 saturated carbocycles. The van der Waals surface area contributed by atoms with Crippen LogP contribution in [-0.4, -0.2) is 35.5 Å². The van der Waals surface area contributed by atoms with Crippen LogP contribution in [0.25, 0.3) is 0 Å². The molecule has 2 atom stereocenters. The van der Waals surface area contributed by atoms with Crippen LogP contribution in [0, 0.1) is 22.7 Å². The number of rotatable bonds is 3. The third kappa shape index (κ3) is 2.63. The minimum atomic E-state index is -0.424. The van der Waals surface area contributed by atoms with Crippen LogP contribution in [0.4, 0.5) is 0 Å². The Balaban J connectivity index is 1.90. The predicted molar refractivity (Wildman–Crippen MR) is 65.1 cm³/mol. The highest BCUT2D eigenvalue weighted by Crippen LogP contribution is 2.23. The highest BCUT2D eigenvalue weighted by Gasteiger charge is 2.36. The van der Waals surface area contributed by atoms with Gasteiger partial charge in [0.25, 0.3) is 0 Å². The van der Waals surface area contributed by atoms with Gasteiger partial charge in [-0.15, -0.1) is 0 Å². The van der Waals surface area contributed by atoms with Gasteiger partial charge >= 0.3 is 0 Å². The number of nitriles is 2. The third-order valence-electron chi connectivity index (χ3n) is 3.87. The summed E-state index contributed by atoms with van der Waals surface area (Å²) in [6, 6.07) is 3.81. The molecule has 2 rings (SSSR count). The van der Waals surface area contributed by atoms with Crippen molar-refractivity contribution in [3.63, 3.8) is 0 Å². The topological polar surface area (TPSA) is 79.9 Å². The lowest BCUT2D eigenvalue weighted by Gasteiger charge is -2.24. The average molecular weight is 246 g/mol. The van der Waals surface area contributed by atoms with Gasteiger partial charge in [-0.1, -0.05) is 12.8 Å². The van der Waals surface area contributed by atoms with Crippen molar-refractivity contribution in [1.29, 1.82) is 10.5 Å². The van der Waals surface area contributed by atoms with Crippen LogP contribution in [0.2, 0.25) is 0 Å². The van der Waals surface area contributed by atoms with Crippen molar-refractivity contribution in [3.05, 3.63) is 0 Å². The SMILES string of the molecule is N#C[C@@H]1CC[C@H](C#N)N1C(=O)CNC1CCCC1. The Bertz CT molecular complexity index is 367. The lowest BCUT2D eigenvalue weighted by atomic mass is 10.2. The molecule has 0 radical (unpaired) electrons. The molecule has 0 aromatic heterocycles. The Morgan fingerprint density at radius 3 is 2.17 bits per heavy atom. The van der Waals surface area contributed by atoms with E-state index in [-0.39, 0.29) is 12.5 Å². The summed E-state index contributed by atoms with van der Waals surface area (Å²) in [6.45, 7) is 0.251. The Kier molecular flexibility index (Phi) is 4.17. The summed E-state index contributed by atoms with van der Waals surface area (Å²) in [5, 5.41) is 21.2. The van der Waals surface area contributed by atoms with Crippen LogP contribution >= 0.6 is 0 Å². The van der Waals surface area contributed by atoms with E-state index in [1.165, 1.54) is 17.7 Å². The van der Waals surface area contributed by atoms with Crippen molar-refractivity contribution < 1.29 is 4.79 Å². The van der Waals surface area contributed by atoms with Gasteiger partial charge in [-0.3, -0.25) is 4.79 Å². The van der Waals surface area contributed by atoms with E-state index in [2.05, 4.69) is 17.5 Å². The molecule has 1 aliphatic heterocycles. The van der Waals surface area contributed by atoms with Crippen molar-refractivity contribution in [2.24, 2.45) is 0 Å². The minimum absolute atomic E-state index is 0.113. The maximum absolute atomic E-state index is 12.1. The van der Waals surface area contributed by atoms with Crippen molar-refractivity contribution in [1.82, 2.24) is 10.2 Å². The normalized spacial score (nSPS) is 28.0. The Hall–Kier alpha value is -1.59. The molecule has 2 aliphatic rings. The van der Waals surface area contributed by atoms with E-state index in [1.807, 2.05) is 0 Å². The average Bonchev–Trinajstić information content (AvgIpc) is 3.04. The lowest BCUT2D eigenvalue weighted by molar-refractivity contribution is -0.131. The van der Waals surface area contributed by atoms with Gasteiger partial charge < -0.3 is 10.2 Å². The zero-order chi connectivity index (χ0) is 13.0. The van der Waals surface area contributed by atoms with Crippen LogP contribution in [0.15, 0.2) is 0 Å². The molecule has 1 amide bonds. The molecule has 0 bridgehead atoms. The first-order chi connectivity index (χ1) is 8.76. The molecule has 1 saturated heterocycles. The summed E-state index contributed by atoms with van der Waals surface area (Å²) in [7, 11) is 0. The molecule has 1 heterocycles. The molecule has 5 nitrogen and oxygen atoms in total. The number of nitrogens with zero attached hydrogens (tertiary/aromatic N) is 3. The summed E-state index contributed by atoms with van der Waals surface area (Å²) in [6.07, 6.45) is 5.91. The van der Waals surface area contributed by atoms with Gasteiger partial charge in [0.1, 0.15) is 12.1 Å². The smallest absolute Gasteiger partial charge is 0.238 e. The van der Waals surface area contributed by atoms with Gasteiger partial charge in [0, 0.05) is 6.04 Å². The second-order valence-electron chi connectivity index (χ2n) is 5.03. The van der Waals surface area contributed by atoms with Crippen LogP contribution < -0.4 is 5.32 Å². The number of carbonyl (C=O) groups excluding carboxylic acids is 1. The van der Waals surface area contributed by atoms with E-state index >= 15 is 0 Å². The zero-order valence-corrected chi connectivity index (χ0v) is 10.4. The molecule has 0 spiro atoms. The van der Waals surface area contributed by atoms with Crippen molar-refractivity contribution >= 4 is 5.91 Å². The quantitative estimate of drug-likeness (QED) is 0.803. The van der Waals surface area contributed by atoms with Crippen molar-refractivity contribution in [2.45, 2.75) is 56.7 Å². The van der Waals surface area contributed by atoms with Crippen LogP contribution in [0.5, 0.6) is 0 Å². The van der Waals surface area contributed by atoms with Crippen LogP contribution in [0.3, 0.4) is 0 Å². The molecule has 2 fully saturated rings. The van der Waals surface area contributed by atoms with Gasteiger partial charge in [-0.25, -0.2) is 0 Å².